The summed E-state index contributed by atoms with van der Waals surface area (Å²) < 4.78 is 38.1. The molecule has 2 fully saturated rings. The molecular formula is C15H27F3N2. The van der Waals surface area contributed by atoms with Crippen molar-refractivity contribution in [2.24, 2.45) is 11.3 Å². The van der Waals surface area contributed by atoms with Gasteiger partial charge >= 0.3 is 6.18 Å². The molecule has 5 heteroatoms. The molecule has 0 bridgehead atoms. The van der Waals surface area contributed by atoms with Gasteiger partial charge in [0, 0.05) is 13.1 Å². The smallest absolute Gasteiger partial charge is 0.319 e. The zero-order valence-electron chi connectivity index (χ0n) is 12.4. The zero-order valence-corrected chi connectivity index (χ0v) is 12.4. The van der Waals surface area contributed by atoms with Crippen LogP contribution in [0.25, 0.3) is 0 Å². The van der Waals surface area contributed by atoms with E-state index in [4.69, 9.17) is 0 Å². The first-order valence-corrected chi connectivity index (χ1v) is 7.89. The van der Waals surface area contributed by atoms with Gasteiger partial charge in [0.1, 0.15) is 0 Å². The highest BCUT2D eigenvalue weighted by atomic mass is 19.4. The van der Waals surface area contributed by atoms with Crippen LogP contribution in [-0.4, -0.2) is 44.3 Å². The van der Waals surface area contributed by atoms with Crippen molar-refractivity contribution in [1.82, 2.24) is 10.2 Å². The lowest BCUT2D eigenvalue weighted by atomic mass is 9.73. The second-order valence-corrected chi connectivity index (χ2v) is 6.68. The lowest BCUT2D eigenvalue weighted by Gasteiger charge is -2.43. The van der Waals surface area contributed by atoms with Crippen LogP contribution in [0.15, 0.2) is 0 Å². The summed E-state index contributed by atoms with van der Waals surface area (Å²) >= 11 is 0. The fourth-order valence-electron chi connectivity index (χ4n) is 3.96. The number of alkyl halides is 3. The van der Waals surface area contributed by atoms with E-state index < -0.39 is 12.1 Å². The maximum absolute atomic E-state index is 12.7. The van der Waals surface area contributed by atoms with Crippen LogP contribution in [0.4, 0.5) is 13.2 Å². The average molecular weight is 292 g/mol. The van der Waals surface area contributed by atoms with E-state index >= 15 is 0 Å². The third-order valence-corrected chi connectivity index (χ3v) is 5.08. The minimum atomic E-state index is -4.00. The maximum atomic E-state index is 12.7. The molecule has 2 rings (SSSR count). The Morgan fingerprint density at radius 3 is 2.20 bits per heavy atom. The lowest BCUT2D eigenvalue weighted by molar-refractivity contribution is -0.185. The van der Waals surface area contributed by atoms with E-state index in [2.05, 4.69) is 10.2 Å². The molecule has 1 heterocycles. The normalized spacial score (nSPS) is 25.8. The molecule has 2 aliphatic rings. The van der Waals surface area contributed by atoms with E-state index in [1.165, 1.54) is 32.1 Å². The van der Waals surface area contributed by atoms with Gasteiger partial charge in [0.15, 0.2) is 0 Å². The minimum Gasteiger partial charge on any atom is -0.319 e. The number of nitrogens with zero attached hydrogens (tertiary/aromatic N) is 1. The van der Waals surface area contributed by atoms with Crippen molar-refractivity contribution in [2.45, 2.75) is 51.1 Å². The van der Waals surface area contributed by atoms with Crippen LogP contribution in [0.3, 0.4) is 0 Å². The van der Waals surface area contributed by atoms with Gasteiger partial charge in [0.05, 0.1) is 5.92 Å². The van der Waals surface area contributed by atoms with Crippen molar-refractivity contribution in [3.63, 3.8) is 0 Å². The molecule has 2 nitrogen and oxygen atoms in total. The van der Waals surface area contributed by atoms with Gasteiger partial charge in [-0.05, 0) is 51.2 Å². The van der Waals surface area contributed by atoms with Gasteiger partial charge in [-0.25, -0.2) is 0 Å². The van der Waals surface area contributed by atoms with E-state index in [0.717, 1.165) is 13.1 Å². The monoisotopic (exact) mass is 292 g/mol. The van der Waals surface area contributed by atoms with Gasteiger partial charge < -0.3 is 10.2 Å². The first-order chi connectivity index (χ1) is 9.45. The van der Waals surface area contributed by atoms with E-state index in [1.807, 2.05) is 7.05 Å². The Labute approximate surface area is 120 Å². The van der Waals surface area contributed by atoms with E-state index in [1.54, 1.807) is 0 Å². The van der Waals surface area contributed by atoms with E-state index in [0.29, 0.717) is 13.1 Å². The Kier molecular flexibility index (Phi) is 5.35. The van der Waals surface area contributed by atoms with Crippen LogP contribution in [0, 0.1) is 11.3 Å². The molecule has 20 heavy (non-hydrogen) atoms. The lowest BCUT2D eigenvalue weighted by Crippen LogP contribution is -2.48. The zero-order chi connectivity index (χ0) is 14.6. The summed E-state index contributed by atoms with van der Waals surface area (Å²) in [5, 5.41) is 3.29. The van der Waals surface area contributed by atoms with Crippen LogP contribution >= 0.6 is 0 Å². The van der Waals surface area contributed by atoms with Gasteiger partial charge in [-0.1, -0.05) is 19.3 Å². The highest BCUT2D eigenvalue weighted by Crippen LogP contribution is 2.39. The summed E-state index contributed by atoms with van der Waals surface area (Å²) in [5.74, 6) is -1.08. The van der Waals surface area contributed by atoms with Crippen LogP contribution in [0.5, 0.6) is 0 Å². The van der Waals surface area contributed by atoms with Crippen LogP contribution in [0.1, 0.15) is 44.9 Å². The Hall–Kier alpha value is -0.290. The van der Waals surface area contributed by atoms with Gasteiger partial charge in [-0.15, -0.1) is 0 Å². The summed E-state index contributed by atoms with van der Waals surface area (Å²) in [5.41, 5.74) is 0.290. The number of nitrogens with one attached hydrogen (secondary N) is 1. The molecule has 1 saturated heterocycles. The number of piperidine rings is 1. The molecule has 1 aliphatic carbocycles. The van der Waals surface area contributed by atoms with Crippen LogP contribution in [-0.2, 0) is 0 Å². The predicted molar refractivity (Wildman–Crippen MR) is 74.7 cm³/mol. The quantitative estimate of drug-likeness (QED) is 0.854. The van der Waals surface area contributed by atoms with E-state index in [9.17, 15) is 13.2 Å². The van der Waals surface area contributed by atoms with Crippen molar-refractivity contribution in [3.8, 4) is 0 Å². The number of likely N-dealkylation sites (tertiary alicyclic amines) is 1. The van der Waals surface area contributed by atoms with E-state index in [-0.39, 0.29) is 18.3 Å². The molecule has 0 atom stereocenters. The van der Waals surface area contributed by atoms with Gasteiger partial charge in [0.25, 0.3) is 0 Å². The van der Waals surface area contributed by atoms with Crippen molar-refractivity contribution in [3.05, 3.63) is 0 Å². The largest absolute Gasteiger partial charge is 0.391 e. The summed E-state index contributed by atoms with van der Waals surface area (Å²) in [7, 11) is 1.98. The predicted octanol–water partition coefficient (Wildman–Crippen LogP) is 3.43. The number of halogens is 3. The summed E-state index contributed by atoms with van der Waals surface area (Å²) in [6.45, 7) is 3.18. The highest BCUT2D eigenvalue weighted by molar-refractivity contribution is 4.89. The Bertz CT molecular complexity index is 284. The molecule has 0 aromatic heterocycles. The molecule has 0 unspecified atom stereocenters. The minimum absolute atomic E-state index is 0.277. The number of hydrogen-bond donors (Lipinski definition) is 1. The van der Waals surface area contributed by atoms with Crippen molar-refractivity contribution < 1.29 is 13.2 Å². The molecule has 1 saturated carbocycles. The first-order valence-electron chi connectivity index (χ1n) is 7.89. The summed E-state index contributed by atoms with van der Waals surface area (Å²) in [4.78, 5) is 2.27. The second kappa shape index (κ2) is 6.65. The summed E-state index contributed by atoms with van der Waals surface area (Å²) in [6, 6.07) is 0. The highest BCUT2D eigenvalue weighted by Gasteiger charge is 2.42. The van der Waals surface area contributed by atoms with Crippen LogP contribution < -0.4 is 5.32 Å². The molecule has 1 aliphatic heterocycles. The third kappa shape index (κ3) is 4.10. The number of hydrogen-bond acceptors (Lipinski definition) is 2. The summed E-state index contributed by atoms with van der Waals surface area (Å²) in [6.07, 6.45) is 2.82. The fourth-order valence-corrected chi connectivity index (χ4v) is 3.96. The Morgan fingerprint density at radius 2 is 1.70 bits per heavy atom. The van der Waals surface area contributed by atoms with Crippen molar-refractivity contribution >= 4 is 0 Å². The third-order valence-electron chi connectivity index (χ3n) is 5.08. The molecular weight excluding hydrogens is 265 g/mol. The first kappa shape index (κ1) is 16.1. The maximum Gasteiger partial charge on any atom is 0.391 e. The SMILES string of the molecule is CNCC1(CN2CCC(C(F)(F)F)CC2)CCCCC1. The van der Waals surface area contributed by atoms with Gasteiger partial charge in [-0.3, -0.25) is 0 Å². The van der Waals surface area contributed by atoms with Crippen molar-refractivity contribution in [1.29, 1.82) is 0 Å². The number of rotatable bonds is 4. The Balaban J connectivity index is 1.86. The molecule has 1 N–H and O–H groups in total. The fraction of sp³-hybridized carbons (Fsp3) is 1.00. The molecule has 0 aromatic carbocycles. The standard InChI is InChI=1S/C15H27F3N2/c1-19-11-14(7-3-2-4-8-14)12-20-9-5-13(6-10-20)15(16,17)18/h13,19H,2-12H2,1H3. The topological polar surface area (TPSA) is 15.3 Å². The second-order valence-electron chi connectivity index (χ2n) is 6.68. The van der Waals surface area contributed by atoms with Crippen LogP contribution in [0.2, 0.25) is 0 Å². The average Bonchev–Trinajstić information content (AvgIpc) is 2.39. The van der Waals surface area contributed by atoms with Crippen molar-refractivity contribution in [2.75, 3.05) is 33.2 Å². The molecule has 0 aromatic rings. The van der Waals surface area contributed by atoms with Gasteiger partial charge in [0.2, 0.25) is 0 Å². The van der Waals surface area contributed by atoms with Gasteiger partial charge in [-0.2, -0.15) is 13.2 Å². The molecule has 0 spiro atoms. The molecule has 0 amide bonds. The molecule has 118 valence electrons. The Morgan fingerprint density at radius 1 is 1.10 bits per heavy atom. The molecule has 0 radical (unpaired) electrons.